The smallest absolute Gasteiger partial charge is 0.301 e. The van der Waals surface area contributed by atoms with Crippen molar-refractivity contribution in [2.45, 2.75) is 13.0 Å². The summed E-state index contributed by atoms with van der Waals surface area (Å²) >= 11 is 7.32. The van der Waals surface area contributed by atoms with Gasteiger partial charge >= 0.3 is 5.91 Å². The average molecular weight is 509 g/mol. The molecule has 1 unspecified atom stereocenters. The van der Waals surface area contributed by atoms with Gasteiger partial charge in [0, 0.05) is 5.02 Å². The number of rotatable bonds is 4. The topological polar surface area (TPSA) is 79.7 Å². The van der Waals surface area contributed by atoms with Gasteiger partial charge in [-0.3, -0.25) is 14.5 Å². The van der Waals surface area contributed by atoms with Crippen LogP contribution in [0, 0.1) is 12.7 Å². The molecule has 0 saturated carbocycles. The van der Waals surface area contributed by atoms with Gasteiger partial charge in [-0.25, -0.2) is 9.37 Å². The van der Waals surface area contributed by atoms with Gasteiger partial charge < -0.3 is 9.84 Å². The standard InChI is InChI=1S/C26H18ClFN2O4S/c1-13-4-3-5-14(10-13)22-21(23(31)17-12-16(28)7-9-19(17)34-2)24(32)25(33)30(22)26-29-18-8-6-15(27)11-20(18)35-26/h3-12,22,31H,1-2H3/b23-21+. The maximum atomic E-state index is 14.1. The fourth-order valence-electron chi connectivity index (χ4n) is 4.19. The molecule has 0 spiro atoms. The van der Waals surface area contributed by atoms with Crippen molar-refractivity contribution in [3.63, 3.8) is 0 Å². The van der Waals surface area contributed by atoms with Crippen LogP contribution in [0.3, 0.4) is 0 Å². The van der Waals surface area contributed by atoms with E-state index in [1.54, 1.807) is 30.3 Å². The molecule has 35 heavy (non-hydrogen) atoms. The minimum absolute atomic E-state index is 0.0285. The molecular formula is C26H18ClFN2O4S. The number of thiazole rings is 1. The number of Topliss-reactive ketones (excluding diaryl/α,β-unsaturated/α-hetero) is 1. The number of aliphatic hydroxyl groups excluding tert-OH is 1. The second-order valence-corrected chi connectivity index (χ2v) is 9.48. The van der Waals surface area contributed by atoms with Gasteiger partial charge in [0.05, 0.1) is 34.5 Å². The summed E-state index contributed by atoms with van der Waals surface area (Å²) in [6, 6.07) is 15.0. The summed E-state index contributed by atoms with van der Waals surface area (Å²) in [4.78, 5) is 32.5. The van der Waals surface area contributed by atoms with Crippen LogP contribution in [0.2, 0.25) is 5.02 Å². The second kappa shape index (κ2) is 8.79. The molecule has 2 heterocycles. The lowest BCUT2D eigenvalue weighted by Gasteiger charge is -2.23. The molecule has 5 rings (SSSR count). The van der Waals surface area contributed by atoms with E-state index in [0.29, 0.717) is 16.1 Å². The Morgan fingerprint density at radius 1 is 1.14 bits per heavy atom. The molecule has 1 N–H and O–H groups in total. The minimum atomic E-state index is -0.987. The molecule has 0 radical (unpaired) electrons. The predicted octanol–water partition coefficient (Wildman–Crippen LogP) is 6.03. The molecule has 1 atom stereocenters. The van der Waals surface area contributed by atoms with Crippen molar-refractivity contribution in [1.82, 2.24) is 4.98 Å². The fourth-order valence-corrected chi connectivity index (χ4v) is 5.45. The third kappa shape index (κ3) is 3.94. The van der Waals surface area contributed by atoms with Crippen molar-refractivity contribution in [2.24, 2.45) is 0 Å². The maximum Gasteiger partial charge on any atom is 0.301 e. The normalized spacial score (nSPS) is 17.4. The molecule has 1 fully saturated rings. The number of methoxy groups -OCH3 is 1. The number of amides is 1. The van der Waals surface area contributed by atoms with Crippen molar-refractivity contribution >= 4 is 55.7 Å². The molecule has 3 aromatic carbocycles. The molecule has 1 aliphatic heterocycles. The maximum absolute atomic E-state index is 14.1. The third-order valence-corrected chi connectivity index (χ3v) is 7.02. The molecule has 1 saturated heterocycles. The van der Waals surface area contributed by atoms with Crippen LogP contribution >= 0.6 is 22.9 Å². The second-order valence-electron chi connectivity index (χ2n) is 8.04. The Hall–Kier alpha value is -3.75. The number of carbonyl (C=O) groups is 2. The lowest BCUT2D eigenvalue weighted by Crippen LogP contribution is -2.29. The van der Waals surface area contributed by atoms with Crippen LogP contribution in [0.4, 0.5) is 9.52 Å². The Bertz CT molecular complexity index is 1550. The van der Waals surface area contributed by atoms with Crippen molar-refractivity contribution in [3.8, 4) is 5.75 Å². The first-order chi connectivity index (χ1) is 16.8. The van der Waals surface area contributed by atoms with E-state index in [1.807, 2.05) is 19.1 Å². The molecule has 0 aliphatic carbocycles. The van der Waals surface area contributed by atoms with Crippen LogP contribution in [-0.2, 0) is 9.59 Å². The predicted molar refractivity (Wildman–Crippen MR) is 134 cm³/mol. The van der Waals surface area contributed by atoms with Crippen LogP contribution in [-0.4, -0.2) is 28.9 Å². The SMILES string of the molecule is COc1ccc(F)cc1/C(O)=C1\C(=O)C(=O)N(c2nc3ccc(Cl)cc3s2)C1c1cccc(C)c1. The van der Waals surface area contributed by atoms with Gasteiger partial charge in [0.2, 0.25) is 0 Å². The number of carbonyl (C=O) groups excluding carboxylic acids is 2. The van der Waals surface area contributed by atoms with Gasteiger partial charge in [-0.2, -0.15) is 0 Å². The Morgan fingerprint density at radius 2 is 1.94 bits per heavy atom. The molecule has 4 aromatic rings. The van der Waals surface area contributed by atoms with E-state index < -0.39 is 29.3 Å². The average Bonchev–Trinajstić information content (AvgIpc) is 3.36. The Morgan fingerprint density at radius 3 is 2.69 bits per heavy atom. The summed E-state index contributed by atoms with van der Waals surface area (Å²) in [7, 11) is 1.37. The first-order valence-electron chi connectivity index (χ1n) is 10.6. The molecule has 1 aliphatic rings. The molecular weight excluding hydrogens is 491 g/mol. The quantitative estimate of drug-likeness (QED) is 0.207. The summed E-state index contributed by atoms with van der Waals surface area (Å²) < 4.78 is 20.1. The summed E-state index contributed by atoms with van der Waals surface area (Å²) in [6.07, 6.45) is 0. The van der Waals surface area contributed by atoms with Gasteiger partial charge in [0.1, 0.15) is 17.3 Å². The van der Waals surface area contributed by atoms with Crippen LogP contribution in [0.5, 0.6) is 5.75 Å². The van der Waals surface area contributed by atoms with Gasteiger partial charge in [0.25, 0.3) is 5.78 Å². The van der Waals surface area contributed by atoms with Crippen LogP contribution in [0.15, 0.2) is 66.2 Å². The highest BCUT2D eigenvalue weighted by atomic mass is 35.5. The monoisotopic (exact) mass is 508 g/mol. The number of ether oxygens (including phenoxy) is 1. The zero-order valence-electron chi connectivity index (χ0n) is 18.6. The highest BCUT2D eigenvalue weighted by molar-refractivity contribution is 7.22. The lowest BCUT2D eigenvalue weighted by molar-refractivity contribution is -0.132. The van der Waals surface area contributed by atoms with Crippen LogP contribution < -0.4 is 9.64 Å². The van der Waals surface area contributed by atoms with E-state index in [4.69, 9.17) is 16.3 Å². The van der Waals surface area contributed by atoms with E-state index in [2.05, 4.69) is 4.98 Å². The Kier molecular flexibility index (Phi) is 5.78. The number of aliphatic hydroxyl groups is 1. The number of ketones is 1. The first kappa shape index (κ1) is 23.0. The largest absolute Gasteiger partial charge is 0.507 e. The summed E-state index contributed by atoms with van der Waals surface area (Å²) in [5.74, 6) is -2.75. The number of aryl methyl sites for hydroxylation is 1. The summed E-state index contributed by atoms with van der Waals surface area (Å²) in [5, 5.41) is 12.1. The highest BCUT2D eigenvalue weighted by Crippen LogP contribution is 2.45. The third-order valence-electron chi connectivity index (χ3n) is 5.76. The van der Waals surface area contributed by atoms with Gasteiger partial charge in [-0.1, -0.05) is 52.8 Å². The zero-order valence-corrected chi connectivity index (χ0v) is 20.2. The van der Waals surface area contributed by atoms with Crippen LogP contribution in [0.1, 0.15) is 22.7 Å². The molecule has 9 heteroatoms. The zero-order chi connectivity index (χ0) is 24.9. The van der Waals surface area contributed by atoms with E-state index in [-0.39, 0.29) is 22.0 Å². The molecule has 176 valence electrons. The van der Waals surface area contributed by atoms with Crippen molar-refractivity contribution in [2.75, 3.05) is 12.0 Å². The number of benzene rings is 3. The van der Waals surface area contributed by atoms with Gasteiger partial charge in [-0.15, -0.1) is 0 Å². The first-order valence-corrected chi connectivity index (χ1v) is 11.8. The Balaban J connectivity index is 1.77. The van der Waals surface area contributed by atoms with Crippen molar-refractivity contribution in [3.05, 3.63) is 93.8 Å². The molecule has 6 nitrogen and oxygen atoms in total. The molecule has 1 amide bonds. The number of fused-ring (bicyclic) bond motifs is 1. The number of aromatic nitrogens is 1. The number of hydrogen-bond donors (Lipinski definition) is 1. The number of anilines is 1. The van der Waals surface area contributed by atoms with E-state index in [0.717, 1.165) is 16.3 Å². The summed E-state index contributed by atoms with van der Waals surface area (Å²) in [6.45, 7) is 1.88. The fraction of sp³-hybridized carbons (Fsp3) is 0.115. The number of nitrogens with zero attached hydrogens (tertiary/aromatic N) is 2. The minimum Gasteiger partial charge on any atom is -0.507 e. The number of halogens is 2. The Labute approximate surface area is 208 Å². The van der Waals surface area contributed by atoms with Crippen molar-refractivity contribution in [1.29, 1.82) is 0 Å². The van der Waals surface area contributed by atoms with Gasteiger partial charge in [-0.05, 0) is 48.9 Å². The van der Waals surface area contributed by atoms with Crippen molar-refractivity contribution < 1.29 is 23.8 Å². The number of hydrogen-bond acceptors (Lipinski definition) is 6. The van der Waals surface area contributed by atoms with E-state index in [1.165, 1.54) is 35.5 Å². The van der Waals surface area contributed by atoms with Gasteiger partial charge in [0.15, 0.2) is 5.13 Å². The van der Waals surface area contributed by atoms with Crippen LogP contribution in [0.25, 0.3) is 16.0 Å². The van der Waals surface area contributed by atoms with E-state index in [9.17, 15) is 19.1 Å². The lowest BCUT2D eigenvalue weighted by atomic mass is 9.94. The summed E-state index contributed by atoms with van der Waals surface area (Å²) in [5.41, 5.74) is 1.90. The molecule has 0 bridgehead atoms. The highest BCUT2D eigenvalue weighted by Gasteiger charge is 2.48. The van der Waals surface area contributed by atoms with E-state index >= 15 is 0 Å². The molecule has 1 aromatic heterocycles.